The molecule has 1 saturated carbocycles. The van der Waals surface area contributed by atoms with Crippen molar-refractivity contribution in [2.45, 2.75) is 69.6 Å². The number of fused-ring (bicyclic) bond motifs is 1. The number of amides is 2. The van der Waals surface area contributed by atoms with Crippen LogP contribution in [-0.2, 0) is 14.3 Å². The van der Waals surface area contributed by atoms with Gasteiger partial charge in [-0.25, -0.2) is 15.0 Å². The number of carbonyl (C=O) groups is 2. The Morgan fingerprint density at radius 2 is 1.85 bits per heavy atom. The van der Waals surface area contributed by atoms with Crippen molar-refractivity contribution < 1.29 is 29.3 Å². The van der Waals surface area contributed by atoms with E-state index in [-0.39, 0.29) is 18.6 Å². The normalized spacial score (nSPS) is 23.5. The van der Waals surface area contributed by atoms with Gasteiger partial charge in [0.2, 0.25) is 0 Å². The SMILES string of the molecule is CCNC(=O)[C@H]1O[C@@H](n2cnc3c(Nc4ccc(OCC(=O)NC5CCCCC5)cc4)ncnc32)[C@H](O)[C@@H]1O. The molecule has 0 unspecified atom stereocenters. The number of aliphatic hydroxyl groups is 2. The molecule has 13 heteroatoms. The predicted octanol–water partition coefficient (Wildman–Crippen LogP) is 1.15. The van der Waals surface area contributed by atoms with E-state index in [0.29, 0.717) is 35.0 Å². The minimum Gasteiger partial charge on any atom is -0.484 e. The maximum Gasteiger partial charge on any atom is 0.258 e. The first-order chi connectivity index (χ1) is 18.9. The molecule has 2 amide bonds. The van der Waals surface area contributed by atoms with Gasteiger partial charge in [-0.15, -0.1) is 0 Å². The second kappa shape index (κ2) is 11.9. The zero-order valence-corrected chi connectivity index (χ0v) is 21.6. The fraction of sp³-hybridized carbons (Fsp3) is 0.500. The van der Waals surface area contributed by atoms with Crippen LogP contribution in [0.3, 0.4) is 0 Å². The lowest BCUT2D eigenvalue weighted by molar-refractivity contribution is -0.137. The maximum absolute atomic E-state index is 12.2. The van der Waals surface area contributed by atoms with Gasteiger partial charge in [0.05, 0.1) is 6.33 Å². The van der Waals surface area contributed by atoms with Crippen LogP contribution < -0.4 is 20.7 Å². The van der Waals surface area contributed by atoms with Gasteiger partial charge < -0.3 is 35.6 Å². The van der Waals surface area contributed by atoms with Gasteiger partial charge in [-0.3, -0.25) is 14.2 Å². The van der Waals surface area contributed by atoms with E-state index >= 15 is 0 Å². The van der Waals surface area contributed by atoms with E-state index in [0.717, 1.165) is 25.7 Å². The number of aliphatic hydroxyl groups excluding tert-OH is 2. The summed E-state index contributed by atoms with van der Waals surface area (Å²) >= 11 is 0. The number of hydrogen-bond acceptors (Lipinski definition) is 10. The molecule has 1 aromatic carbocycles. The average Bonchev–Trinajstić information content (AvgIpc) is 3.50. The molecule has 0 radical (unpaired) electrons. The molecule has 2 fully saturated rings. The van der Waals surface area contributed by atoms with Crippen LogP contribution in [0.15, 0.2) is 36.9 Å². The monoisotopic (exact) mass is 539 g/mol. The van der Waals surface area contributed by atoms with Crippen molar-refractivity contribution in [1.29, 1.82) is 0 Å². The number of aromatic nitrogens is 4. The molecule has 0 bridgehead atoms. The fourth-order valence-electron chi connectivity index (χ4n) is 4.95. The second-order valence-corrected chi connectivity index (χ2v) is 9.71. The van der Waals surface area contributed by atoms with Gasteiger partial charge in [-0.05, 0) is 44.0 Å². The van der Waals surface area contributed by atoms with Gasteiger partial charge in [0.15, 0.2) is 35.9 Å². The second-order valence-electron chi connectivity index (χ2n) is 9.71. The number of nitrogens with zero attached hydrogens (tertiary/aromatic N) is 4. The van der Waals surface area contributed by atoms with Gasteiger partial charge in [-0.2, -0.15) is 0 Å². The fourth-order valence-corrected chi connectivity index (χ4v) is 4.95. The van der Waals surface area contributed by atoms with Gasteiger partial charge in [0, 0.05) is 18.3 Å². The highest BCUT2D eigenvalue weighted by Gasteiger charge is 2.47. The predicted molar refractivity (Wildman–Crippen MR) is 140 cm³/mol. The minimum atomic E-state index is -1.41. The van der Waals surface area contributed by atoms with E-state index in [1.807, 2.05) is 0 Å². The highest BCUT2D eigenvalue weighted by molar-refractivity contribution is 5.85. The number of imidazole rings is 1. The lowest BCUT2D eigenvalue weighted by atomic mass is 9.95. The number of carbonyl (C=O) groups excluding carboxylic acids is 2. The van der Waals surface area contributed by atoms with Crippen molar-refractivity contribution in [3.05, 3.63) is 36.9 Å². The minimum absolute atomic E-state index is 0.0437. The van der Waals surface area contributed by atoms with Crippen molar-refractivity contribution >= 4 is 34.5 Å². The first-order valence-corrected chi connectivity index (χ1v) is 13.2. The summed E-state index contributed by atoms with van der Waals surface area (Å²) in [7, 11) is 0. The molecule has 3 heterocycles. The summed E-state index contributed by atoms with van der Waals surface area (Å²) in [6, 6.07) is 7.31. The first kappa shape index (κ1) is 26.8. The Kier molecular flexibility index (Phi) is 8.19. The summed E-state index contributed by atoms with van der Waals surface area (Å²) in [5, 5.41) is 29.7. The summed E-state index contributed by atoms with van der Waals surface area (Å²) in [4.78, 5) is 37.3. The standard InChI is InChI=1S/C26H33N7O6/c1-2-27-25(37)22-20(35)21(36)26(39-22)33-14-30-19-23(28-13-29-24(19)33)32-16-8-10-17(11-9-16)38-12-18(34)31-15-6-4-3-5-7-15/h8-11,13-15,20-22,26,35-36H,2-7,12H2,1H3,(H,27,37)(H,31,34)(H,28,29,32)/t20-,21+,22-,26+/m0/s1. The van der Waals surface area contributed by atoms with Crippen molar-refractivity contribution in [3.8, 4) is 5.75 Å². The molecular weight excluding hydrogens is 506 g/mol. The van der Waals surface area contributed by atoms with Crippen LogP contribution in [0.4, 0.5) is 11.5 Å². The summed E-state index contributed by atoms with van der Waals surface area (Å²) in [6.07, 6.45) is 3.27. The van der Waals surface area contributed by atoms with E-state index < -0.39 is 30.4 Å². The number of benzene rings is 1. The number of likely N-dealkylation sites (N-methyl/N-ethyl adjacent to an activating group) is 1. The largest absolute Gasteiger partial charge is 0.484 e. The third-order valence-corrected chi connectivity index (χ3v) is 6.94. The Hall–Kier alpha value is -3.81. The Labute approximate surface area is 224 Å². The number of ether oxygens (including phenoxy) is 2. The third-order valence-electron chi connectivity index (χ3n) is 6.94. The molecule has 3 aromatic rings. The molecule has 208 valence electrons. The molecule has 2 aromatic heterocycles. The summed E-state index contributed by atoms with van der Waals surface area (Å²) in [6.45, 7) is 2.07. The van der Waals surface area contributed by atoms with E-state index in [4.69, 9.17) is 9.47 Å². The lowest BCUT2D eigenvalue weighted by Gasteiger charge is -2.22. The highest BCUT2D eigenvalue weighted by Crippen LogP contribution is 2.33. The van der Waals surface area contributed by atoms with Gasteiger partial charge in [0.1, 0.15) is 24.3 Å². The van der Waals surface area contributed by atoms with Crippen LogP contribution in [0.2, 0.25) is 0 Å². The molecule has 1 aliphatic heterocycles. The Morgan fingerprint density at radius 3 is 2.59 bits per heavy atom. The van der Waals surface area contributed by atoms with E-state index in [2.05, 4.69) is 30.9 Å². The van der Waals surface area contributed by atoms with Crippen molar-refractivity contribution in [3.63, 3.8) is 0 Å². The zero-order chi connectivity index (χ0) is 27.4. The summed E-state index contributed by atoms with van der Waals surface area (Å²) in [5.74, 6) is 0.339. The average molecular weight is 540 g/mol. The molecule has 4 atom stereocenters. The van der Waals surface area contributed by atoms with E-state index in [9.17, 15) is 19.8 Å². The summed E-state index contributed by atoms with van der Waals surface area (Å²) in [5.41, 5.74) is 1.46. The highest BCUT2D eigenvalue weighted by atomic mass is 16.6. The Bertz CT molecular complexity index is 1290. The molecule has 0 spiro atoms. The van der Waals surface area contributed by atoms with Gasteiger partial charge >= 0.3 is 0 Å². The molecule has 5 N–H and O–H groups in total. The zero-order valence-electron chi connectivity index (χ0n) is 21.6. The van der Waals surface area contributed by atoms with Gasteiger partial charge in [0.25, 0.3) is 11.8 Å². The van der Waals surface area contributed by atoms with Crippen LogP contribution >= 0.6 is 0 Å². The Balaban J connectivity index is 1.23. The number of rotatable bonds is 9. The number of anilines is 2. The van der Waals surface area contributed by atoms with Crippen molar-refractivity contribution in [2.24, 2.45) is 0 Å². The molecule has 39 heavy (non-hydrogen) atoms. The summed E-state index contributed by atoms with van der Waals surface area (Å²) < 4.78 is 12.8. The molecule has 1 aliphatic carbocycles. The van der Waals surface area contributed by atoms with Gasteiger partial charge in [-0.1, -0.05) is 19.3 Å². The number of hydrogen-bond donors (Lipinski definition) is 5. The van der Waals surface area contributed by atoms with Crippen LogP contribution in [0, 0.1) is 0 Å². The Morgan fingerprint density at radius 1 is 1.08 bits per heavy atom. The lowest BCUT2D eigenvalue weighted by Crippen LogP contribution is -2.42. The van der Waals surface area contributed by atoms with E-state index in [1.54, 1.807) is 31.2 Å². The van der Waals surface area contributed by atoms with Crippen LogP contribution in [0.25, 0.3) is 11.2 Å². The van der Waals surface area contributed by atoms with Crippen LogP contribution in [0.1, 0.15) is 45.3 Å². The number of nitrogens with one attached hydrogen (secondary N) is 3. The van der Waals surface area contributed by atoms with Crippen molar-refractivity contribution in [1.82, 2.24) is 30.2 Å². The first-order valence-electron chi connectivity index (χ1n) is 13.2. The molecule has 5 rings (SSSR count). The molecule has 2 aliphatic rings. The smallest absolute Gasteiger partial charge is 0.258 e. The quantitative estimate of drug-likeness (QED) is 0.265. The molecule has 1 saturated heterocycles. The van der Waals surface area contributed by atoms with Crippen LogP contribution in [-0.4, -0.2) is 79.1 Å². The molecule has 13 nitrogen and oxygen atoms in total. The maximum atomic E-state index is 12.2. The van der Waals surface area contributed by atoms with Crippen molar-refractivity contribution in [2.75, 3.05) is 18.5 Å². The molecular formula is C26H33N7O6. The van der Waals surface area contributed by atoms with E-state index in [1.165, 1.54) is 23.6 Å². The van der Waals surface area contributed by atoms with Crippen LogP contribution in [0.5, 0.6) is 5.75 Å². The topological polar surface area (TPSA) is 173 Å². The third kappa shape index (κ3) is 5.95.